The van der Waals surface area contributed by atoms with E-state index in [0.717, 1.165) is 24.8 Å². The third kappa shape index (κ3) is 10.5. The van der Waals surface area contributed by atoms with Crippen LogP contribution in [0.1, 0.15) is 106 Å². The average Bonchev–Trinajstić information content (AvgIpc) is 2.70. The van der Waals surface area contributed by atoms with Gasteiger partial charge in [0.1, 0.15) is 11.3 Å². The fourth-order valence-electron chi connectivity index (χ4n) is 3.58. The minimum Gasteiger partial charge on any atom is -0.496 e. The third-order valence-corrected chi connectivity index (χ3v) is 5.25. The summed E-state index contributed by atoms with van der Waals surface area (Å²) in [6.07, 6.45) is 22.0. The topological polar surface area (TPSA) is 46.5 Å². The number of ether oxygens (including phenoxy) is 1. The van der Waals surface area contributed by atoms with Gasteiger partial charge in [0.15, 0.2) is 0 Å². The zero-order valence-electron chi connectivity index (χ0n) is 18.0. The molecule has 1 aromatic carbocycles. The highest BCUT2D eigenvalue weighted by Gasteiger charge is 2.15. The molecule has 0 spiro atoms. The van der Waals surface area contributed by atoms with Gasteiger partial charge in [-0.1, -0.05) is 82.6 Å². The van der Waals surface area contributed by atoms with Crippen molar-refractivity contribution in [3.8, 4) is 5.75 Å². The highest BCUT2D eigenvalue weighted by atomic mass is 16.5. The zero-order valence-corrected chi connectivity index (χ0v) is 18.0. The molecule has 0 bridgehead atoms. The molecule has 3 heteroatoms. The molecule has 1 N–H and O–H groups in total. The lowest BCUT2D eigenvalue weighted by molar-refractivity contribution is 0.0692. The number of carboxylic acid groups (broad SMARTS) is 1. The van der Waals surface area contributed by atoms with E-state index in [1.807, 2.05) is 12.1 Å². The second-order valence-electron chi connectivity index (χ2n) is 7.63. The molecule has 0 aliphatic carbocycles. The Kier molecular flexibility index (Phi) is 14.0. The molecule has 0 aliphatic heterocycles. The number of benzene rings is 1. The van der Waals surface area contributed by atoms with Gasteiger partial charge in [-0.3, -0.25) is 0 Å². The van der Waals surface area contributed by atoms with Crippen molar-refractivity contribution in [1.82, 2.24) is 0 Å². The van der Waals surface area contributed by atoms with E-state index in [1.54, 1.807) is 6.07 Å². The molecule has 0 saturated carbocycles. The van der Waals surface area contributed by atoms with Crippen LogP contribution in [0.4, 0.5) is 0 Å². The maximum Gasteiger partial charge on any atom is 0.339 e. The van der Waals surface area contributed by atoms with Gasteiger partial charge in [-0.2, -0.15) is 0 Å². The fourth-order valence-corrected chi connectivity index (χ4v) is 3.58. The Morgan fingerprint density at radius 3 is 2.04 bits per heavy atom. The fraction of sp³-hybridized carbons (Fsp3) is 0.640. The number of allylic oxidation sites excluding steroid dienone is 2. The molecule has 0 atom stereocenters. The first kappa shape index (κ1) is 24.3. The summed E-state index contributed by atoms with van der Waals surface area (Å²) in [5.74, 6) is -0.442. The van der Waals surface area contributed by atoms with Gasteiger partial charge in [0, 0.05) is 0 Å². The van der Waals surface area contributed by atoms with Crippen molar-refractivity contribution >= 4 is 5.97 Å². The van der Waals surface area contributed by atoms with Crippen molar-refractivity contribution in [2.45, 2.75) is 96.8 Å². The average molecular weight is 389 g/mol. The van der Waals surface area contributed by atoms with Gasteiger partial charge >= 0.3 is 5.97 Å². The summed E-state index contributed by atoms with van der Waals surface area (Å²) < 4.78 is 5.19. The summed E-state index contributed by atoms with van der Waals surface area (Å²) in [5.41, 5.74) is 1.21. The minimum absolute atomic E-state index is 0.323. The molecule has 28 heavy (non-hydrogen) atoms. The lowest BCUT2D eigenvalue weighted by Crippen LogP contribution is -2.05. The van der Waals surface area contributed by atoms with Crippen molar-refractivity contribution in [2.75, 3.05) is 7.11 Å². The SMILES string of the molecule is CCCCCCC=CCCCCCCCCCc1cccc(OC)c1C(=O)O. The molecular formula is C25H40O3. The number of rotatable bonds is 17. The van der Waals surface area contributed by atoms with Gasteiger partial charge in [-0.05, 0) is 50.2 Å². The molecule has 158 valence electrons. The van der Waals surface area contributed by atoms with E-state index in [1.165, 1.54) is 77.7 Å². The Labute approximate surface area is 172 Å². The number of carboxylic acids is 1. The molecule has 0 unspecified atom stereocenters. The smallest absolute Gasteiger partial charge is 0.339 e. The first-order valence-corrected chi connectivity index (χ1v) is 11.2. The van der Waals surface area contributed by atoms with E-state index in [4.69, 9.17) is 4.74 Å². The number of carbonyl (C=O) groups is 1. The number of aryl methyl sites for hydroxylation is 1. The van der Waals surface area contributed by atoms with Crippen LogP contribution < -0.4 is 4.74 Å². The first-order valence-electron chi connectivity index (χ1n) is 11.2. The molecule has 0 heterocycles. The molecule has 0 aliphatic rings. The van der Waals surface area contributed by atoms with Gasteiger partial charge in [0.2, 0.25) is 0 Å². The van der Waals surface area contributed by atoms with Crippen molar-refractivity contribution in [1.29, 1.82) is 0 Å². The standard InChI is InChI=1S/C25H40O3/c1-3-4-5-6-7-8-9-10-11-12-13-14-15-16-17-19-22-20-18-21-23(28-2)24(22)25(26)27/h8-9,18,20-21H,3-7,10-17,19H2,1-2H3,(H,26,27). The number of hydrogen-bond donors (Lipinski definition) is 1. The monoisotopic (exact) mass is 388 g/mol. The second-order valence-corrected chi connectivity index (χ2v) is 7.63. The van der Waals surface area contributed by atoms with Gasteiger partial charge in [-0.25, -0.2) is 4.79 Å². The normalized spacial score (nSPS) is 11.2. The Balaban J connectivity index is 2.04. The second kappa shape index (κ2) is 16.2. The maximum absolute atomic E-state index is 11.5. The molecule has 3 nitrogen and oxygen atoms in total. The van der Waals surface area contributed by atoms with Crippen molar-refractivity contribution in [3.05, 3.63) is 41.5 Å². The van der Waals surface area contributed by atoms with Crippen LogP contribution in [0.3, 0.4) is 0 Å². The quantitative estimate of drug-likeness (QED) is 0.221. The number of unbranched alkanes of at least 4 members (excludes halogenated alkanes) is 11. The first-order chi connectivity index (χ1) is 13.7. The van der Waals surface area contributed by atoms with Crippen molar-refractivity contribution in [3.63, 3.8) is 0 Å². The largest absolute Gasteiger partial charge is 0.496 e. The Hall–Kier alpha value is -1.77. The maximum atomic E-state index is 11.5. The Morgan fingerprint density at radius 1 is 0.893 bits per heavy atom. The van der Waals surface area contributed by atoms with Crippen molar-refractivity contribution < 1.29 is 14.6 Å². The summed E-state index contributed by atoms with van der Waals surface area (Å²) in [5, 5.41) is 9.42. The van der Waals surface area contributed by atoms with Gasteiger partial charge in [0.25, 0.3) is 0 Å². The van der Waals surface area contributed by atoms with E-state index >= 15 is 0 Å². The van der Waals surface area contributed by atoms with E-state index in [9.17, 15) is 9.90 Å². The summed E-state index contributed by atoms with van der Waals surface area (Å²) in [7, 11) is 1.52. The molecule has 0 saturated heterocycles. The number of hydrogen-bond acceptors (Lipinski definition) is 2. The van der Waals surface area contributed by atoms with Gasteiger partial charge in [0.05, 0.1) is 7.11 Å². The van der Waals surface area contributed by atoms with E-state index in [2.05, 4.69) is 19.1 Å². The number of aromatic carboxylic acids is 1. The van der Waals surface area contributed by atoms with Crippen LogP contribution in [0.15, 0.2) is 30.4 Å². The van der Waals surface area contributed by atoms with Crippen LogP contribution in [0, 0.1) is 0 Å². The Morgan fingerprint density at radius 2 is 1.46 bits per heavy atom. The van der Waals surface area contributed by atoms with Gasteiger partial charge in [-0.15, -0.1) is 0 Å². The summed E-state index contributed by atoms with van der Waals surface area (Å²) in [6, 6.07) is 5.50. The van der Waals surface area contributed by atoms with Crippen LogP contribution in [0.25, 0.3) is 0 Å². The summed E-state index contributed by atoms with van der Waals surface area (Å²) in [6.45, 7) is 2.26. The highest BCUT2D eigenvalue weighted by molar-refractivity contribution is 5.92. The predicted octanol–water partition coefficient (Wildman–Crippen LogP) is 7.58. The molecule has 1 rings (SSSR count). The molecule has 0 aromatic heterocycles. The number of methoxy groups -OCH3 is 1. The van der Waals surface area contributed by atoms with Crippen LogP contribution >= 0.6 is 0 Å². The molecule has 0 amide bonds. The summed E-state index contributed by atoms with van der Waals surface area (Å²) >= 11 is 0. The minimum atomic E-state index is -0.901. The van der Waals surface area contributed by atoms with Crippen LogP contribution in [0.5, 0.6) is 5.75 Å². The highest BCUT2D eigenvalue weighted by Crippen LogP contribution is 2.24. The molecule has 0 radical (unpaired) electrons. The lowest BCUT2D eigenvalue weighted by Gasteiger charge is -2.10. The van der Waals surface area contributed by atoms with E-state index in [-0.39, 0.29) is 0 Å². The molecular weight excluding hydrogens is 348 g/mol. The lowest BCUT2D eigenvalue weighted by atomic mass is 9.99. The van der Waals surface area contributed by atoms with E-state index < -0.39 is 5.97 Å². The molecule has 1 aromatic rings. The predicted molar refractivity (Wildman–Crippen MR) is 118 cm³/mol. The van der Waals surface area contributed by atoms with Crippen LogP contribution in [-0.4, -0.2) is 18.2 Å². The summed E-state index contributed by atoms with van der Waals surface area (Å²) in [4.78, 5) is 11.5. The van der Waals surface area contributed by atoms with Crippen molar-refractivity contribution in [2.24, 2.45) is 0 Å². The van der Waals surface area contributed by atoms with Crippen LogP contribution in [0.2, 0.25) is 0 Å². The third-order valence-electron chi connectivity index (χ3n) is 5.25. The Bertz CT molecular complexity index is 563. The molecule has 0 fully saturated rings. The zero-order chi connectivity index (χ0) is 20.5. The van der Waals surface area contributed by atoms with E-state index in [0.29, 0.717) is 11.3 Å². The van der Waals surface area contributed by atoms with Gasteiger partial charge < -0.3 is 9.84 Å². The van der Waals surface area contributed by atoms with Crippen LogP contribution in [-0.2, 0) is 6.42 Å².